The van der Waals surface area contributed by atoms with Crippen molar-refractivity contribution in [2.75, 3.05) is 11.5 Å². The molecule has 1 unspecified atom stereocenters. The SMILES string of the molecule is C/C=N\c1cc(N2C(=O)c3nn(C)c(C(C)C)c3C2c2ccc(OCCC)cc2)ccc1C. The van der Waals surface area contributed by atoms with Gasteiger partial charge in [0.25, 0.3) is 5.91 Å². The van der Waals surface area contributed by atoms with Gasteiger partial charge >= 0.3 is 0 Å². The summed E-state index contributed by atoms with van der Waals surface area (Å²) >= 11 is 0. The zero-order valence-electron chi connectivity index (χ0n) is 20.3. The van der Waals surface area contributed by atoms with Gasteiger partial charge in [-0.05, 0) is 61.6 Å². The number of rotatable bonds is 7. The lowest BCUT2D eigenvalue weighted by Gasteiger charge is -2.28. The van der Waals surface area contributed by atoms with Crippen molar-refractivity contribution < 1.29 is 9.53 Å². The Hall–Kier alpha value is -3.41. The Morgan fingerprint density at radius 3 is 2.55 bits per heavy atom. The van der Waals surface area contributed by atoms with Gasteiger partial charge in [0.2, 0.25) is 0 Å². The van der Waals surface area contributed by atoms with Crippen LogP contribution in [0.1, 0.15) is 78.9 Å². The number of anilines is 1. The van der Waals surface area contributed by atoms with E-state index in [1.165, 1.54) is 0 Å². The summed E-state index contributed by atoms with van der Waals surface area (Å²) in [5, 5.41) is 4.65. The lowest BCUT2D eigenvalue weighted by atomic mass is 9.94. The second-order valence-corrected chi connectivity index (χ2v) is 8.78. The molecular formula is C27H32N4O2. The number of hydrogen-bond acceptors (Lipinski definition) is 4. The lowest BCUT2D eigenvalue weighted by molar-refractivity contribution is 0.0988. The summed E-state index contributed by atoms with van der Waals surface area (Å²) in [6.07, 6.45) is 2.73. The zero-order valence-corrected chi connectivity index (χ0v) is 20.3. The number of fused-ring (bicyclic) bond motifs is 1. The fourth-order valence-corrected chi connectivity index (χ4v) is 4.60. The molecule has 1 amide bonds. The van der Waals surface area contributed by atoms with Crippen molar-refractivity contribution in [2.24, 2.45) is 12.0 Å². The van der Waals surface area contributed by atoms with E-state index in [-0.39, 0.29) is 17.9 Å². The third kappa shape index (κ3) is 4.06. The molecule has 0 saturated heterocycles. The first-order valence-electron chi connectivity index (χ1n) is 11.6. The molecule has 0 bridgehead atoms. The molecule has 2 aromatic carbocycles. The number of nitrogens with zero attached hydrogens (tertiary/aromatic N) is 4. The van der Waals surface area contributed by atoms with Crippen molar-refractivity contribution in [3.8, 4) is 5.75 Å². The number of hydrogen-bond donors (Lipinski definition) is 0. The molecule has 1 atom stereocenters. The van der Waals surface area contributed by atoms with Crippen molar-refractivity contribution in [3.05, 3.63) is 70.5 Å². The van der Waals surface area contributed by atoms with Gasteiger partial charge in [-0.2, -0.15) is 5.10 Å². The molecule has 0 saturated carbocycles. The Balaban J connectivity index is 1.87. The average molecular weight is 445 g/mol. The van der Waals surface area contributed by atoms with E-state index in [0.717, 1.165) is 45.9 Å². The van der Waals surface area contributed by atoms with Crippen LogP contribution in [0.25, 0.3) is 0 Å². The molecule has 0 N–H and O–H groups in total. The molecule has 1 aliphatic heterocycles. The Labute approximate surface area is 195 Å². The molecule has 0 spiro atoms. The van der Waals surface area contributed by atoms with Crippen molar-refractivity contribution >= 4 is 23.5 Å². The van der Waals surface area contributed by atoms with E-state index in [1.807, 2.05) is 60.8 Å². The first kappa shape index (κ1) is 22.8. The molecule has 6 nitrogen and oxygen atoms in total. The maximum Gasteiger partial charge on any atom is 0.280 e. The molecular weight excluding hydrogens is 412 g/mol. The van der Waals surface area contributed by atoms with Gasteiger partial charge < -0.3 is 4.74 Å². The Kier molecular flexibility index (Phi) is 6.36. The van der Waals surface area contributed by atoms with Gasteiger partial charge in [-0.25, -0.2) is 0 Å². The molecule has 0 radical (unpaired) electrons. The van der Waals surface area contributed by atoms with E-state index in [4.69, 9.17) is 4.74 Å². The van der Waals surface area contributed by atoms with Crippen LogP contribution in [-0.2, 0) is 7.05 Å². The largest absolute Gasteiger partial charge is 0.494 e. The number of ether oxygens (including phenoxy) is 1. The highest BCUT2D eigenvalue weighted by Gasteiger charge is 2.44. The number of benzene rings is 2. The van der Waals surface area contributed by atoms with E-state index in [9.17, 15) is 4.79 Å². The number of carbonyl (C=O) groups is 1. The van der Waals surface area contributed by atoms with Crippen LogP contribution in [0, 0.1) is 6.92 Å². The van der Waals surface area contributed by atoms with Gasteiger partial charge in [-0.15, -0.1) is 0 Å². The van der Waals surface area contributed by atoms with Crippen molar-refractivity contribution in [2.45, 2.75) is 53.0 Å². The topological polar surface area (TPSA) is 59.7 Å². The molecule has 4 rings (SSSR count). The highest BCUT2D eigenvalue weighted by atomic mass is 16.5. The predicted octanol–water partition coefficient (Wildman–Crippen LogP) is 6.11. The average Bonchev–Trinajstić information content (AvgIpc) is 3.27. The van der Waals surface area contributed by atoms with Gasteiger partial charge in [-0.3, -0.25) is 19.4 Å². The minimum absolute atomic E-state index is 0.0842. The second kappa shape index (κ2) is 9.22. The van der Waals surface area contributed by atoms with Crippen molar-refractivity contribution in [3.63, 3.8) is 0 Å². The maximum absolute atomic E-state index is 13.7. The van der Waals surface area contributed by atoms with E-state index in [0.29, 0.717) is 12.3 Å². The molecule has 1 aliphatic rings. The standard InChI is InChI=1S/C27H32N4O2/c1-7-15-33-21-13-10-19(11-14-21)26-23-24(29-30(6)25(23)17(3)4)27(32)31(26)20-12-9-18(5)22(16-20)28-8-2/h8-14,16-17,26H,7,15H2,1-6H3/b28-8-. The van der Waals surface area contributed by atoms with Crippen LogP contribution < -0.4 is 9.64 Å². The van der Waals surface area contributed by atoms with Crippen LogP contribution in [0.4, 0.5) is 11.4 Å². The van der Waals surface area contributed by atoms with Crippen LogP contribution in [-0.4, -0.2) is 28.5 Å². The smallest absolute Gasteiger partial charge is 0.280 e. The summed E-state index contributed by atoms with van der Waals surface area (Å²) in [6.45, 7) is 11.0. The number of carbonyl (C=O) groups excluding carboxylic acids is 1. The molecule has 3 aromatic rings. The molecule has 172 valence electrons. The Morgan fingerprint density at radius 1 is 1.18 bits per heavy atom. The highest BCUT2D eigenvalue weighted by molar-refractivity contribution is 6.11. The summed E-state index contributed by atoms with van der Waals surface area (Å²) in [5.74, 6) is 0.980. The number of amides is 1. The zero-order chi connectivity index (χ0) is 23.7. The predicted molar refractivity (Wildman–Crippen MR) is 133 cm³/mol. The van der Waals surface area contributed by atoms with Gasteiger partial charge in [0.15, 0.2) is 5.69 Å². The van der Waals surface area contributed by atoms with Crippen LogP contribution in [0.3, 0.4) is 0 Å². The molecule has 6 heteroatoms. The number of aryl methyl sites for hydroxylation is 2. The van der Waals surface area contributed by atoms with Crippen LogP contribution in [0.15, 0.2) is 47.5 Å². The van der Waals surface area contributed by atoms with Gasteiger partial charge in [0.05, 0.1) is 18.3 Å². The van der Waals surface area contributed by atoms with E-state index < -0.39 is 0 Å². The fourth-order valence-electron chi connectivity index (χ4n) is 4.60. The maximum atomic E-state index is 13.7. The van der Waals surface area contributed by atoms with E-state index in [1.54, 1.807) is 6.21 Å². The van der Waals surface area contributed by atoms with Crippen LogP contribution in [0.2, 0.25) is 0 Å². The molecule has 0 aliphatic carbocycles. The van der Waals surface area contributed by atoms with E-state index in [2.05, 4.69) is 43.0 Å². The summed E-state index contributed by atoms with van der Waals surface area (Å²) in [4.78, 5) is 20.1. The summed E-state index contributed by atoms with van der Waals surface area (Å²) in [7, 11) is 1.92. The summed E-state index contributed by atoms with van der Waals surface area (Å²) < 4.78 is 7.64. The summed E-state index contributed by atoms with van der Waals surface area (Å²) in [5.41, 5.74) is 6.37. The van der Waals surface area contributed by atoms with Gasteiger partial charge in [0, 0.05) is 30.2 Å². The van der Waals surface area contributed by atoms with Crippen molar-refractivity contribution in [1.82, 2.24) is 9.78 Å². The molecule has 0 fully saturated rings. The van der Waals surface area contributed by atoms with Crippen molar-refractivity contribution in [1.29, 1.82) is 0 Å². The Bertz CT molecular complexity index is 1190. The third-order valence-corrected chi connectivity index (χ3v) is 6.04. The normalized spacial score (nSPS) is 15.7. The minimum atomic E-state index is -0.264. The second-order valence-electron chi connectivity index (χ2n) is 8.78. The first-order valence-corrected chi connectivity index (χ1v) is 11.6. The molecule has 1 aromatic heterocycles. The number of aliphatic imine (C=N–C) groups is 1. The van der Waals surface area contributed by atoms with Gasteiger partial charge in [0.1, 0.15) is 5.75 Å². The first-order chi connectivity index (χ1) is 15.9. The molecule has 2 heterocycles. The summed E-state index contributed by atoms with van der Waals surface area (Å²) in [6, 6.07) is 13.8. The highest BCUT2D eigenvalue weighted by Crippen LogP contribution is 2.45. The van der Waals surface area contributed by atoms with E-state index >= 15 is 0 Å². The number of aromatic nitrogens is 2. The third-order valence-electron chi connectivity index (χ3n) is 6.04. The lowest BCUT2D eigenvalue weighted by Crippen LogP contribution is -2.30. The van der Waals surface area contributed by atoms with Crippen LogP contribution >= 0.6 is 0 Å². The van der Waals surface area contributed by atoms with Gasteiger partial charge in [-0.1, -0.05) is 39.0 Å². The minimum Gasteiger partial charge on any atom is -0.494 e. The Morgan fingerprint density at radius 2 is 1.91 bits per heavy atom. The monoisotopic (exact) mass is 444 g/mol. The van der Waals surface area contributed by atoms with Crippen LogP contribution in [0.5, 0.6) is 5.75 Å². The molecule has 33 heavy (non-hydrogen) atoms. The quantitative estimate of drug-likeness (QED) is 0.413. The fraction of sp³-hybridized carbons (Fsp3) is 0.370.